The zero-order valence-corrected chi connectivity index (χ0v) is 15.9. The fourth-order valence-electron chi connectivity index (χ4n) is 4.02. The van der Waals surface area contributed by atoms with Crippen molar-refractivity contribution in [2.45, 2.75) is 25.9 Å². The number of fused-ring (bicyclic) bond motifs is 1. The van der Waals surface area contributed by atoms with E-state index in [-0.39, 0.29) is 12.4 Å². The highest BCUT2D eigenvalue weighted by molar-refractivity contribution is 6.05. The highest BCUT2D eigenvalue weighted by atomic mass is 35.5. The van der Waals surface area contributed by atoms with E-state index in [1.807, 2.05) is 36.4 Å². The van der Waals surface area contributed by atoms with E-state index in [0.29, 0.717) is 12.1 Å². The maximum Gasteiger partial charge on any atom is 0.154 e. The van der Waals surface area contributed by atoms with Gasteiger partial charge in [0, 0.05) is 36.2 Å². The van der Waals surface area contributed by atoms with Crippen molar-refractivity contribution in [3.05, 3.63) is 60.2 Å². The minimum absolute atomic E-state index is 0. The second-order valence-electron chi connectivity index (χ2n) is 6.92. The molecule has 1 aliphatic heterocycles. The molecule has 5 heteroatoms. The Labute approximate surface area is 160 Å². The van der Waals surface area contributed by atoms with Gasteiger partial charge in [-0.25, -0.2) is 0 Å². The van der Waals surface area contributed by atoms with Crippen LogP contribution in [-0.4, -0.2) is 36.0 Å². The third kappa shape index (κ3) is 3.11. The number of carbonyl (C=O) groups is 1. The summed E-state index contributed by atoms with van der Waals surface area (Å²) >= 11 is 0. The molecule has 1 fully saturated rings. The van der Waals surface area contributed by atoms with Crippen molar-refractivity contribution >= 4 is 35.4 Å². The average Bonchev–Trinajstić information content (AvgIpc) is 2.96. The van der Waals surface area contributed by atoms with Crippen molar-refractivity contribution in [1.82, 2.24) is 9.88 Å². The Kier molecular flexibility index (Phi) is 5.35. The summed E-state index contributed by atoms with van der Waals surface area (Å²) in [7, 11) is 0. The number of hydrogen-bond acceptors (Lipinski definition) is 3. The smallest absolute Gasteiger partial charge is 0.154 e. The maximum atomic E-state index is 12.0. The molecular weight excluding hydrogens is 346 g/mol. The molecule has 1 saturated heterocycles. The van der Waals surface area contributed by atoms with Gasteiger partial charge in [-0.3, -0.25) is 9.36 Å². The van der Waals surface area contributed by atoms with Crippen LogP contribution in [0.4, 0.5) is 5.82 Å². The summed E-state index contributed by atoms with van der Waals surface area (Å²) in [6.45, 7) is 6.15. The van der Waals surface area contributed by atoms with Crippen LogP contribution in [0.2, 0.25) is 0 Å². The van der Waals surface area contributed by atoms with Gasteiger partial charge in [-0.15, -0.1) is 12.4 Å². The van der Waals surface area contributed by atoms with Crippen molar-refractivity contribution in [1.29, 1.82) is 0 Å². The van der Waals surface area contributed by atoms with Gasteiger partial charge in [0.15, 0.2) is 6.29 Å². The van der Waals surface area contributed by atoms with Crippen LogP contribution in [0.1, 0.15) is 24.2 Å². The fourth-order valence-corrected chi connectivity index (χ4v) is 4.02. The van der Waals surface area contributed by atoms with Gasteiger partial charge < -0.3 is 10.2 Å². The van der Waals surface area contributed by atoms with E-state index in [0.717, 1.165) is 47.3 Å². The van der Waals surface area contributed by atoms with Crippen LogP contribution in [0, 0.1) is 0 Å². The molecular formula is C21H24ClN3O. The van der Waals surface area contributed by atoms with E-state index in [1.54, 1.807) is 0 Å². The van der Waals surface area contributed by atoms with Gasteiger partial charge in [0.1, 0.15) is 5.82 Å². The fraction of sp³-hybridized carbons (Fsp3) is 0.286. The molecule has 0 aliphatic carbocycles. The monoisotopic (exact) mass is 369 g/mol. The molecule has 2 aromatic carbocycles. The number of hydrogen-bond donors (Lipinski definition) is 1. The van der Waals surface area contributed by atoms with Crippen molar-refractivity contribution in [3.63, 3.8) is 0 Å². The first kappa shape index (κ1) is 18.5. The number of para-hydroxylation sites is 2. The van der Waals surface area contributed by atoms with Gasteiger partial charge in [-0.1, -0.05) is 36.4 Å². The van der Waals surface area contributed by atoms with Gasteiger partial charge in [-0.2, -0.15) is 0 Å². The number of rotatable bonds is 3. The van der Waals surface area contributed by atoms with E-state index in [2.05, 4.69) is 46.8 Å². The second-order valence-corrected chi connectivity index (χ2v) is 6.92. The maximum absolute atomic E-state index is 12.0. The van der Waals surface area contributed by atoms with E-state index in [9.17, 15) is 4.79 Å². The molecule has 4 rings (SSSR count). The summed E-state index contributed by atoms with van der Waals surface area (Å²) in [5.41, 5.74) is 2.94. The minimum atomic E-state index is 0. The zero-order valence-electron chi connectivity index (χ0n) is 15.1. The molecule has 0 amide bonds. The van der Waals surface area contributed by atoms with E-state index >= 15 is 0 Å². The van der Waals surface area contributed by atoms with Crippen LogP contribution < -0.4 is 10.2 Å². The molecule has 2 heterocycles. The molecule has 4 nitrogen and oxygen atoms in total. The number of aromatic nitrogens is 1. The number of piperazine rings is 1. The number of aldehydes is 1. The normalized spacial score (nSPS) is 20.0. The summed E-state index contributed by atoms with van der Waals surface area (Å²) in [6.07, 6.45) is 1.01. The predicted molar refractivity (Wildman–Crippen MR) is 110 cm³/mol. The molecule has 0 spiro atoms. The Hall–Kier alpha value is -2.30. The van der Waals surface area contributed by atoms with Crippen LogP contribution in [-0.2, 0) is 0 Å². The Balaban J connectivity index is 0.00000196. The van der Waals surface area contributed by atoms with Gasteiger partial charge in [0.2, 0.25) is 0 Å². The Morgan fingerprint density at radius 3 is 2.23 bits per heavy atom. The Morgan fingerprint density at radius 2 is 1.58 bits per heavy atom. The molecule has 2 atom stereocenters. The molecule has 1 aromatic heterocycles. The lowest BCUT2D eigenvalue weighted by Gasteiger charge is -2.38. The molecule has 2 unspecified atom stereocenters. The third-order valence-electron chi connectivity index (χ3n) is 4.88. The third-order valence-corrected chi connectivity index (χ3v) is 4.88. The van der Waals surface area contributed by atoms with Crippen LogP contribution >= 0.6 is 12.4 Å². The minimum Gasteiger partial charge on any atom is -0.354 e. The summed E-state index contributed by atoms with van der Waals surface area (Å²) in [5.74, 6) is 1.00. The summed E-state index contributed by atoms with van der Waals surface area (Å²) in [4.78, 5) is 14.4. The van der Waals surface area contributed by atoms with E-state index in [1.165, 1.54) is 0 Å². The average molecular weight is 370 g/mol. The van der Waals surface area contributed by atoms with Crippen molar-refractivity contribution in [2.24, 2.45) is 0 Å². The van der Waals surface area contributed by atoms with Crippen molar-refractivity contribution in [3.8, 4) is 5.69 Å². The van der Waals surface area contributed by atoms with Gasteiger partial charge in [-0.05, 0) is 32.0 Å². The lowest BCUT2D eigenvalue weighted by atomic mass is 10.1. The molecule has 0 saturated carbocycles. The molecule has 0 radical (unpaired) electrons. The summed E-state index contributed by atoms with van der Waals surface area (Å²) < 4.78 is 2.23. The van der Waals surface area contributed by atoms with Gasteiger partial charge >= 0.3 is 0 Å². The SMILES string of the molecule is CC1CN(c2c(C=O)c3ccccc3n2-c2ccccc2)CC(C)N1.Cl. The first-order chi connectivity index (χ1) is 12.2. The first-order valence-corrected chi connectivity index (χ1v) is 8.84. The Bertz CT molecular complexity index is 896. The van der Waals surface area contributed by atoms with Gasteiger partial charge in [0.05, 0.1) is 11.1 Å². The van der Waals surface area contributed by atoms with Crippen LogP contribution in [0.15, 0.2) is 54.6 Å². The first-order valence-electron chi connectivity index (χ1n) is 8.84. The van der Waals surface area contributed by atoms with Gasteiger partial charge in [0.25, 0.3) is 0 Å². The predicted octanol–water partition coefficient (Wildman–Crippen LogP) is 4.05. The number of halogens is 1. The summed E-state index contributed by atoms with van der Waals surface area (Å²) in [5, 5.41) is 4.58. The molecule has 136 valence electrons. The highest BCUT2D eigenvalue weighted by Gasteiger charge is 2.28. The Morgan fingerprint density at radius 1 is 0.962 bits per heavy atom. The molecule has 1 N–H and O–H groups in total. The van der Waals surface area contributed by atoms with E-state index < -0.39 is 0 Å². The lowest BCUT2D eigenvalue weighted by Crippen LogP contribution is -2.54. The molecule has 0 bridgehead atoms. The lowest BCUT2D eigenvalue weighted by molar-refractivity contribution is 0.112. The van der Waals surface area contributed by atoms with Crippen LogP contribution in [0.5, 0.6) is 0 Å². The number of anilines is 1. The summed E-state index contributed by atoms with van der Waals surface area (Å²) in [6, 6.07) is 19.2. The zero-order chi connectivity index (χ0) is 17.4. The molecule has 3 aromatic rings. The largest absolute Gasteiger partial charge is 0.354 e. The van der Waals surface area contributed by atoms with E-state index in [4.69, 9.17) is 0 Å². The quantitative estimate of drug-likeness (QED) is 0.707. The number of nitrogens with zero attached hydrogens (tertiary/aromatic N) is 2. The molecule has 1 aliphatic rings. The topological polar surface area (TPSA) is 37.3 Å². The van der Waals surface area contributed by atoms with Crippen LogP contribution in [0.25, 0.3) is 16.6 Å². The highest BCUT2D eigenvalue weighted by Crippen LogP contribution is 2.35. The van der Waals surface area contributed by atoms with Crippen molar-refractivity contribution < 1.29 is 4.79 Å². The number of nitrogens with one attached hydrogen (secondary N) is 1. The standard InChI is InChI=1S/C21H23N3O.ClH/c1-15-12-23(13-16(2)22-15)21-19(14-25)18-10-6-7-11-20(18)24(21)17-8-4-3-5-9-17;/h3-11,14-16,22H,12-13H2,1-2H3;1H. The second kappa shape index (κ2) is 7.52. The van der Waals surface area contributed by atoms with Crippen molar-refractivity contribution in [2.75, 3.05) is 18.0 Å². The number of carbonyl (C=O) groups excluding carboxylic acids is 1. The number of benzene rings is 2. The molecule has 26 heavy (non-hydrogen) atoms. The van der Waals surface area contributed by atoms with Crippen LogP contribution in [0.3, 0.4) is 0 Å².